The Hall–Kier alpha value is 0.137. The minimum absolute atomic E-state index is 0.0692. The van der Waals surface area contributed by atoms with Gasteiger partial charge in [-0.15, -0.1) is 0 Å². The van der Waals surface area contributed by atoms with Gasteiger partial charge in [-0.25, -0.2) is 0 Å². The van der Waals surface area contributed by atoms with E-state index in [2.05, 4.69) is 20.8 Å². The summed E-state index contributed by atoms with van der Waals surface area (Å²) in [4.78, 5) is 0. The molecule has 0 aliphatic carbocycles. The van der Waals surface area contributed by atoms with Crippen LogP contribution in [-0.2, 0) is 9.47 Å². The first kappa shape index (κ1) is 15.1. The second-order valence-electron chi connectivity index (χ2n) is 4.20. The van der Waals surface area contributed by atoms with E-state index in [4.69, 9.17) is 9.47 Å². The third-order valence-corrected chi connectivity index (χ3v) is 4.03. The van der Waals surface area contributed by atoms with Crippen LogP contribution in [0, 0.1) is 0 Å². The summed E-state index contributed by atoms with van der Waals surface area (Å²) in [6.45, 7) is 8.30. The Kier molecular flexibility index (Phi) is 10.7. The molecule has 0 amide bonds. The first-order valence-electron chi connectivity index (χ1n) is 6.49. The molecule has 92 valence electrons. The summed E-state index contributed by atoms with van der Waals surface area (Å²) in [6, 6.07) is 0. The van der Waals surface area contributed by atoms with Gasteiger partial charge in [0.2, 0.25) is 0 Å². The predicted molar refractivity (Wildman–Crippen MR) is 69.5 cm³/mol. The van der Waals surface area contributed by atoms with Gasteiger partial charge in [0.15, 0.2) is 6.29 Å². The minimum atomic E-state index is 0.0692. The summed E-state index contributed by atoms with van der Waals surface area (Å²) < 4.78 is 11.6. The zero-order valence-corrected chi connectivity index (χ0v) is 12.9. The summed E-state index contributed by atoms with van der Waals surface area (Å²) in [6.07, 6.45) is 5.92. The lowest BCUT2D eigenvalue weighted by Gasteiger charge is -2.23. The number of hydrogen-bond acceptors (Lipinski definition) is 2. The van der Waals surface area contributed by atoms with E-state index in [1.54, 1.807) is 0 Å². The van der Waals surface area contributed by atoms with E-state index in [0.29, 0.717) is 5.54 Å². The lowest BCUT2D eigenvalue weighted by molar-refractivity contribution is -0.146. The van der Waals surface area contributed by atoms with E-state index in [9.17, 15) is 0 Å². The summed E-state index contributed by atoms with van der Waals surface area (Å²) in [7, 11) is 1.16. The fraction of sp³-hybridized carbons (Fsp3) is 1.00. The summed E-state index contributed by atoms with van der Waals surface area (Å²) >= 11 is 0. The van der Waals surface area contributed by atoms with Crippen LogP contribution in [0.2, 0.25) is 5.54 Å². The maximum absolute atomic E-state index is 5.79. The van der Waals surface area contributed by atoms with Crippen molar-refractivity contribution in [1.29, 1.82) is 0 Å². The highest BCUT2D eigenvalue weighted by atomic mass is 28.1. The van der Waals surface area contributed by atoms with Crippen LogP contribution in [0.3, 0.4) is 0 Å². The SMILES string of the molecule is CCCCOC(OCCCC)C([SiH3])CC. The lowest BCUT2D eigenvalue weighted by Crippen LogP contribution is -2.24. The molecule has 0 saturated carbocycles. The highest BCUT2D eigenvalue weighted by molar-refractivity contribution is 6.11. The van der Waals surface area contributed by atoms with Crippen LogP contribution >= 0.6 is 0 Å². The molecule has 0 aliphatic rings. The number of ether oxygens (including phenoxy) is 2. The van der Waals surface area contributed by atoms with Crippen molar-refractivity contribution in [2.24, 2.45) is 0 Å². The fourth-order valence-electron chi connectivity index (χ4n) is 1.26. The molecular formula is C12H28O2Si. The van der Waals surface area contributed by atoms with E-state index < -0.39 is 0 Å². The smallest absolute Gasteiger partial charge is 0.157 e. The van der Waals surface area contributed by atoms with E-state index in [-0.39, 0.29) is 6.29 Å². The lowest BCUT2D eigenvalue weighted by atomic mass is 10.3. The Labute approximate surface area is 98.2 Å². The summed E-state index contributed by atoms with van der Waals surface area (Å²) in [5.41, 5.74) is 0.638. The second kappa shape index (κ2) is 10.6. The molecule has 0 aromatic heterocycles. The van der Waals surface area contributed by atoms with Gasteiger partial charge in [0.05, 0.1) is 0 Å². The molecule has 1 unspecified atom stereocenters. The Morgan fingerprint density at radius 3 is 1.73 bits per heavy atom. The molecule has 0 radical (unpaired) electrons. The van der Waals surface area contributed by atoms with Gasteiger partial charge < -0.3 is 9.47 Å². The van der Waals surface area contributed by atoms with Crippen molar-refractivity contribution in [1.82, 2.24) is 0 Å². The Balaban J connectivity index is 3.73. The summed E-state index contributed by atoms with van der Waals surface area (Å²) in [5.74, 6) is 0. The van der Waals surface area contributed by atoms with E-state index in [0.717, 1.165) is 36.3 Å². The zero-order valence-electron chi connectivity index (χ0n) is 10.9. The highest BCUT2D eigenvalue weighted by Crippen LogP contribution is 2.17. The van der Waals surface area contributed by atoms with E-state index in [1.165, 1.54) is 19.3 Å². The van der Waals surface area contributed by atoms with E-state index >= 15 is 0 Å². The van der Waals surface area contributed by atoms with Crippen molar-refractivity contribution in [2.45, 2.75) is 64.7 Å². The van der Waals surface area contributed by atoms with Crippen molar-refractivity contribution >= 4 is 10.2 Å². The van der Waals surface area contributed by atoms with Crippen LogP contribution in [0.25, 0.3) is 0 Å². The Morgan fingerprint density at radius 1 is 0.933 bits per heavy atom. The first-order chi connectivity index (χ1) is 7.26. The quantitative estimate of drug-likeness (QED) is 0.327. The molecule has 1 atom stereocenters. The molecule has 2 nitrogen and oxygen atoms in total. The largest absolute Gasteiger partial charge is 0.353 e. The van der Waals surface area contributed by atoms with Crippen LogP contribution in [-0.4, -0.2) is 29.7 Å². The van der Waals surface area contributed by atoms with Gasteiger partial charge in [-0.05, 0) is 18.4 Å². The number of hydrogen-bond donors (Lipinski definition) is 0. The number of rotatable bonds is 10. The third kappa shape index (κ3) is 8.00. The van der Waals surface area contributed by atoms with Crippen LogP contribution in [0.5, 0.6) is 0 Å². The second-order valence-corrected chi connectivity index (χ2v) is 5.69. The standard InChI is InChI=1S/C12H28O2Si/c1-4-7-9-13-12(11(15)6-3)14-10-8-5-2/h11-12H,4-10H2,1-3,15H3. The molecule has 0 bridgehead atoms. The van der Waals surface area contributed by atoms with Crippen molar-refractivity contribution in [2.75, 3.05) is 13.2 Å². The van der Waals surface area contributed by atoms with Crippen molar-refractivity contribution in [3.8, 4) is 0 Å². The average Bonchev–Trinajstić information content (AvgIpc) is 2.26. The number of unbranched alkanes of at least 4 members (excludes halogenated alkanes) is 2. The van der Waals surface area contributed by atoms with Gasteiger partial charge in [-0.3, -0.25) is 0 Å². The normalized spacial score (nSPS) is 13.6. The van der Waals surface area contributed by atoms with Gasteiger partial charge in [0.1, 0.15) is 0 Å². The zero-order chi connectivity index (χ0) is 11.5. The van der Waals surface area contributed by atoms with Crippen molar-refractivity contribution in [3.05, 3.63) is 0 Å². The van der Waals surface area contributed by atoms with Gasteiger partial charge in [0, 0.05) is 23.5 Å². The maximum atomic E-state index is 5.79. The molecule has 0 rings (SSSR count). The maximum Gasteiger partial charge on any atom is 0.157 e. The minimum Gasteiger partial charge on any atom is -0.353 e. The molecule has 0 N–H and O–H groups in total. The van der Waals surface area contributed by atoms with Crippen LogP contribution in [0.15, 0.2) is 0 Å². The molecule has 0 aliphatic heterocycles. The first-order valence-corrected chi connectivity index (χ1v) is 7.64. The van der Waals surface area contributed by atoms with Crippen LogP contribution in [0.4, 0.5) is 0 Å². The highest BCUT2D eigenvalue weighted by Gasteiger charge is 2.16. The third-order valence-electron chi connectivity index (χ3n) is 2.67. The topological polar surface area (TPSA) is 18.5 Å². The predicted octanol–water partition coefficient (Wildman–Crippen LogP) is 2.51. The molecule has 0 fully saturated rings. The van der Waals surface area contributed by atoms with Crippen LogP contribution < -0.4 is 0 Å². The molecule has 3 heteroatoms. The van der Waals surface area contributed by atoms with Gasteiger partial charge >= 0.3 is 0 Å². The Bertz CT molecular complexity index is 121. The van der Waals surface area contributed by atoms with Crippen molar-refractivity contribution in [3.63, 3.8) is 0 Å². The van der Waals surface area contributed by atoms with Gasteiger partial charge in [0.25, 0.3) is 0 Å². The molecule has 0 saturated heterocycles. The van der Waals surface area contributed by atoms with Gasteiger partial charge in [-0.2, -0.15) is 0 Å². The summed E-state index contributed by atoms with van der Waals surface area (Å²) in [5, 5.41) is 0. The molecule has 0 aromatic carbocycles. The fourth-order valence-corrected chi connectivity index (χ4v) is 1.64. The van der Waals surface area contributed by atoms with E-state index in [1.807, 2.05) is 0 Å². The van der Waals surface area contributed by atoms with Crippen molar-refractivity contribution < 1.29 is 9.47 Å². The molecule has 0 aromatic rings. The van der Waals surface area contributed by atoms with Gasteiger partial charge in [-0.1, -0.05) is 40.0 Å². The average molecular weight is 232 g/mol. The van der Waals surface area contributed by atoms with Crippen LogP contribution in [0.1, 0.15) is 52.9 Å². The molecular weight excluding hydrogens is 204 g/mol. The molecule has 0 spiro atoms. The molecule has 15 heavy (non-hydrogen) atoms. The Morgan fingerprint density at radius 2 is 1.40 bits per heavy atom. The molecule has 0 heterocycles. The monoisotopic (exact) mass is 232 g/mol.